The Kier molecular flexibility index (Phi) is 42.0. The SMILES string of the molecule is CCCCCCCCCCCCC#CC#CCCCCCCCCCOC(=O)c1ccc(N=Nc2ccc(C(=O)OCCCCCCCCCC#CC#CCCCCCCCCCCCC)cc2)cc1. The Labute approximate surface area is 428 Å². The van der Waals surface area contributed by atoms with Gasteiger partial charge in [0.15, 0.2) is 0 Å². The molecule has 0 aromatic heterocycles. The summed E-state index contributed by atoms with van der Waals surface area (Å²) in [5, 5.41) is 8.58. The van der Waals surface area contributed by atoms with Crippen LogP contribution in [0.2, 0.25) is 0 Å². The smallest absolute Gasteiger partial charge is 0.338 e. The highest BCUT2D eigenvalue weighted by Gasteiger charge is 2.08. The lowest BCUT2D eigenvalue weighted by Crippen LogP contribution is -2.06. The molecule has 0 fully saturated rings. The normalized spacial score (nSPS) is 10.6. The maximum absolute atomic E-state index is 12.5. The minimum Gasteiger partial charge on any atom is -0.462 e. The molecule has 0 bridgehead atoms. The zero-order valence-electron chi connectivity index (χ0n) is 44.4. The van der Waals surface area contributed by atoms with Crippen LogP contribution in [0.1, 0.15) is 279 Å². The van der Waals surface area contributed by atoms with E-state index in [4.69, 9.17) is 9.47 Å². The number of hydrogen-bond donors (Lipinski definition) is 0. The molecule has 0 heterocycles. The monoisotopic (exact) mass is 955 g/mol. The molecule has 0 aliphatic heterocycles. The first kappa shape index (κ1) is 61.3. The third kappa shape index (κ3) is 38.0. The molecule has 2 rings (SSSR count). The molecular weight excluding hydrogens is 861 g/mol. The summed E-state index contributed by atoms with van der Waals surface area (Å²) < 4.78 is 11.0. The lowest BCUT2D eigenvalue weighted by Gasteiger charge is -2.05. The summed E-state index contributed by atoms with van der Waals surface area (Å²) in [6.45, 7) is 5.40. The molecular formula is C64H94N2O4. The van der Waals surface area contributed by atoms with Crippen molar-refractivity contribution in [2.75, 3.05) is 13.2 Å². The lowest BCUT2D eigenvalue weighted by molar-refractivity contribution is 0.0488. The second-order valence-corrected chi connectivity index (χ2v) is 19.1. The Bertz CT molecular complexity index is 1730. The molecule has 0 saturated heterocycles. The number of ether oxygens (including phenoxy) is 2. The standard InChI is InChI=1S/C64H94N2O4/c1-3-5-7-9-11-13-15-17-19-21-23-25-27-29-31-33-35-37-39-41-43-45-47-57-69-63(67)59-49-53-61(54-50-59)65-66-62-55-51-60(52-56-62)64(68)70-58-48-46-44-42-40-38-36-34-32-30-28-26-24-22-20-18-16-14-12-10-8-6-4-2/h49-56H,3-24,33-48,57-58H2,1-2H3. The predicted molar refractivity (Wildman–Crippen MR) is 296 cm³/mol. The molecule has 0 N–H and O–H groups in total. The van der Waals surface area contributed by atoms with Gasteiger partial charge in [0.2, 0.25) is 0 Å². The van der Waals surface area contributed by atoms with Crippen LogP contribution < -0.4 is 0 Å². The number of carbonyl (C=O) groups is 2. The third-order valence-corrected chi connectivity index (χ3v) is 12.6. The van der Waals surface area contributed by atoms with Gasteiger partial charge in [-0.3, -0.25) is 0 Å². The fraction of sp³-hybridized carbons (Fsp3) is 0.656. The number of esters is 2. The van der Waals surface area contributed by atoms with Crippen molar-refractivity contribution in [3.8, 4) is 47.4 Å². The fourth-order valence-electron chi connectivity index (χ4n) is 8.17. The lowest BCUT2D eigenvalue weighted by atomic mass is 10.1. The molecule has 0 atom stereocenters. The zero-order chi connectivity index (χ0) is 49.9. The Balaban J connectivity index is 1.41. The van der Waals surface area contributed by atoms with E-state index in [0.29, 0.717) is 35.7 Å². The van der Waals surface area contributed by atoms with E-state index in [1.807, 2.05) is 0 Å². The zero-order valence-corrected chi connectivity index (χ0v) is 44.4. The molecule has 0 saturated carbocycles. The van der Waals surface area contributed by atoms with Crippen LogP contribution in [0.3, 0.4) is 0 Å². The summed E-state index contributed by atoms with van der Waals surface area (Å²) >= 11 is 0. The minimum atomic E-state index is -0.325. The second-order valence-electron chi connectivity index (χ2n) is 19.1. The van der Waals surface area contributed by atoms with E-state index in [-0.39, 0.29) is 11.9 Å². The highest BCUT2D eigenvalue weighted by atomic mass is 16.5. The number of unbranched alkanes of at least 4 members (excludes halogenated alkanes) is 34. The molecule has 2 aromatic carbocycles. The van der Waals surface area contributed by atoms with Crippen molar-refractivity contribution in [2.45, 2.75) is 258 Å². The van der Waals surface area contributed by atoms with Gasteiger partial charge in [-0.15, -0.1) is 0 Å². The maximum atomic E-state index is 12.5. The van der Waals surface area contributed by atoms with Gasteiger partial charge in [-0.1, -0.05) is 217 Å². The van der Waals surface area contributed by atoms with Crippen LogP contribution in [0.25, 0.3) is 0 Å². The van der Waals surface area contributed by atoms with Gasteiger partial charge in [0.05, 0.1) is 35.7 Å². The molecule has 70 heavy (non-hydrogen) atoms. The number of rotatable bonds is 42. The van der Waals surface area contributed by atoms with E-state index < -0.39 is 0 Å². The average molecular weight is 955 g/mol. The first-order valence-electron chi connectivity index (χ1n) is 28.5. The summed E-state index contributed by atoms with van der Waals surface area (Å²) in [7, 11) is 0. The van der Waals surface area contributed by atoms with E-state index in [2.05, 4.69) is 71.4 Å². The van der Waals surface area contributed by atoms with E-state index in [1.54, 1.807) is 48.5 Å². The maximum Gasteiger partial charge on any atom is 0.338 e. The van der Waals surface area contributed by atoms with Gasteiger partial charge in [0.25, 0.3) is 0 Å². The summed E-state index contributed by atoms with van der Waals surface area (Å²) in [5.41, 5.74) is 2.23. The van der Waals surface area contributed by atoms with Crippen LogP contribution in [0.15, 0.2) is 58.8 Å². The van der Waals surface area contributed by atoms with Crippen molar-refractivity contribution in [3.63, 3.8) is 0 Å². The van der Waals surface area contributed by atoms with Gasteiger partial charge in [-0.2, -0.15) is 10.2 Å². The van der Waals surface area contributed by atoms with E-state index in [0.717, 1.165) is 77.0 Å². The number of nitrogens with zero attached hydrogens (tertiary/aromatic N) is 2. The summed E-state index contributed by atoms with van der Waals surface area (Å²) in [6, 6.07) is 13.8. The first-order chi connectivity index (χ1) is 34.6. The number of azo groups is 1. The van der Waals surface area contributed by atoms with Crippen molar-refractivity contribution in [2.24, 2.45) is 10.2 Å². The second kappa shape index (κ2) is 47.9. The Morgan fingerprint density at radius 2 is 0.557 bits per heavy atom. The fourth-order valence-corrected chi connectivity index (χ4v) is 8.17. The summed E-state index contributed by atoms with van der Waals surface area (Å²) in [4.78, 5) is 25.1. The Morgan fingerprint density at radius 1 is 0.329 bits per heavy atom. The van der Waals surface area contributed by atoms with Gasteiger partial charge >= 0.3 is 11.9 Å². The predicted octanol–water partition coefficient (Wildman–Crippen LogP) is 19.3. The van der Waals surface area contributed by atoms with Gasteiger partial charge < -0.3 is 9.47 Å². The van der Waals surface area contributed by atoms with Crippen LogP contribution in [-0.2, 0) is 9.47 Å². The van der Waals surface area contributed by atoms with Crippen LogP contribution in [-0.4, -0.2) is 25.2 Å². The molecule has 0 radical (unpaired) electrons. The molecule has 384 valence electrons. The van der Waals surface area contributed by atoms with Crippen LogP contribution >= 0.6 is 0 Å². The van der Waals surface area contributed by atoms with E-state index >= 15 is 0 Å². The van der Waals surface area contributed by atoms with Crippen LogP contribution in [0.4, 0.5) is 11.4 Å². The number of carbonyl (C=O) groups excluding carboxylic acids is 2. The largest absolute Gasteiger partial charge is 0.462 e. The highest BCUT2D eigenvalue weighted by molar-refractivity contribution is 5.90. The van der Waals surface area contributed by atoms with Gasteiger partial charge in [-0.25, -0.2) is 9.59 Å². The average Bonchev–Trinajstić information content (AvgIpc) is 3.38. The molecule has 2 aromatic rings. The van der Waals surface area contributed by atoms with Crippen molar-refractivity contribution in [1.82, 2.24) is 0 Å². The Hall–Kier alpha value is -4.78. The molecule has 0 unspecified atom stereocenters. The highest BCUT2D eigenvalue weighted by Crippen LogP contribution is 2.21. The molecule has 0 aliphatic carbocycles. The topological polar surface area (TPSA) is 77.3 Å². The summed E-state index contributed by atoms with van der Waals surface area (Å²) in [6.07, 6.45) is 46.5. The van der Waals surface area contributed by atoms with Crippen molar-refractivity contribution in [1.29, 1.82) is 0 Å². The number of benzene rings is 2. The van der Waals surface area contributed by atoms with Crippen LogP contribution in [0.5, 0.6) is 0 Å². The van der Waals surface area contributed by atoms with Gasteiger partial charge in [0.1, 0.15) is 0 Å². The van der Waals surface area contributed by atoms with Gasteiger partial charge in [-0.05, 0) is 111 Å². The van der Waals surface area contributed by atoms with E-state index in [1.165, 1.54) is 167 Å². The summed E-state index contributed by atoms with van der Waals surface area (Å²) in [5.74, 6) is 24.3. The van der Waals surface area contributed by atoms with E-state index in [9.17, 15) is 9.59 Å². The molecule has 0 spiro atoms. The molecule has 6 nitrogen and oxygen atoms in total. The quantitative estimate of drug-likeness (QED) is 0.0287. The first-order valence-corrected chi connectivity index (χ1v) is 28.5. The van der Waals surface area contributed by atoms with Crippen molar-refractivity contribution < 1.29 is 19.1 Å². The van der Waals surface area contributed by atoms with Crippen molar-refractivity contribution in [3.05, 3.63) is 59.7 Å². The molecule has 0 amide bonds. The molecule has 6 heteroatoms. The van der Waals surface area contributed by atoms with Crippen molar-refractivity contribution >= 4 is 23.3 Å². The third-order valence-electron chi connectivity index (χ3n) is 12.6. The Morgan fingerprint density at radius 3 is 0.814 bits per heavy atom. The number of hydrogen-bond acceptors (Lipinski definition) is 6. The van der Waals surface area contributed by atoms with Gasteiger partial charge in [0, 0.05) is 25.7 Å². The van der Waals surface area contributed by atoms with Crippen LogP contribution in [0, 0.1) is 47.4 Å². The molecule has 0 aliphatic rings. The minimum absolute atomic E-state index is 0.325.